The summed E-state index contributed by atoms with van der Waals surface area (Å²) in [6.45, 7) is 8.16. The number of carbonyl (C=O) groups is 2. The summed E-state index contributed by atoms with van der Waals surface area (Å²) in [5.74, 6) is 0.763. The Morgan fingerprint density at radius 1 is 1.33 bits per heavy atom. The lowest BCUT2D eigenvalue weighted by atomic mass is 9.59. The molecule has 0 radical (unpaired) electrons. The van der Waals surface area contributed by atoms with Crippen LogP contribution in [0.2, 0.25) is 0 Å². The van der Waals surface area contributed by atoms with E-state index in [1.807, 2.05) is 0 Å². The molecule has 0 unspecified atom stereocenters. The number of carbonyl (C=O) groups excluding carboxylic acids is 2. The number of fused-ring (bicyclic) bond motifs is 5. The van der Waals surface area contributed by atoms with Crippen molar-refractivity contribution in [2.75, 3.05) is 0 Å². The minimum Gasteiger partial charge on any atom is -0.458 e. The van der Waals surface area contributed by atoms with Gasteiger partial charge in [-0.3, -0.25) is 4.79 Å². The van der Waals surface area contributed by atoms with Gasteiger partial charge in [0.15, 0.2) is 0 Å². The third-order valence-electron chi connectivity index (χ3n) is 6.21. The number of hydrogen-bond acceptors (Lipinski definition) is 3. The molecule has 96 valence electrons. The molecule has 1 aliphatic heterocycles. The van der Waals surface area contributed by atoms with Gasteiger partial charge in [0.2, 0.25) is 0 Å². The first-order chi connectivity index (χ1) is 8.39. The molecule has 0 bridgehead atoms. The van der Waals surface area contributed by atoms with Crippen molar-refractivity contribution in [2.45, 2.75) is 39.2 Å². The molecule has 4 fully saturated rings. The molecule has 0 aromatic carbocycles. The minimum atomic E-state index is -0.260. The van der Waals surface area contributed by atoms with Gasteiger partial charge in [-0.05, 0) is 24.7 Å². The topological polar surface area (TPSA) is 43.4 Å². The fourth-order valence-corrected chi connectivity index (χ4v) is 5.14. The summed E-state index contributed by atoms with van der Waals surface area (Å²) in [7, 11) is 0. The average molecular weight is 246 g/mol. The zero-order chi connectivity index (χ0) is 12.9. The van der Waals surface area contributed by atoms with Crippen LogP contribution in [-0.2, 0) is 14.3 Å². The van der Waals surface area contributed by atoms with Crippen LogP contribution in [0, 0.1) is 28.6 Å². The molecule has 1 heterocycles. The van der Waals surface area contributed by atoms with Crippen molar-refractivity contribution in [2.24, 2.45) is 28.6 Å². The number of hydrogen-bond donors (Lipinski definition) is 0. The highest BCUT2D eigenvalue weighted by molar-refractivity contribution is 5.95. The molecule has 0 N–H and O–H groups in total. The SMILES string of the molecule is C=C1C(=O)O[C@H]2[C@H]1CC[C@@]1(C)C(=O)[C@H]3C[C@@]3(C)[C@H]21. The van der Waals surface area contributed by atoms with E-state index in [1.165, 1.54) is 0 Å². The lowest BCUT2D eigenvalue weighted by Crippen LogP contribution is -2.47. The van der Waals surface area contributed by atoms with Gasteiger partial charge in [0.05, 0.1) is 0 Å². The second kappa shape index (κ2) is 2.73. The van der Waals surface area contributed by atoms with E-state index >= 15 is 0 Å². The predicted molar refractivity (Wildman–Crippen MR) is 64.6 cm³/mol. The Kier molecular flexibility index (Phi) is 1.63. The Morgan fingerprint density at radius 2 is 2.06 bits per heavy atom. The zero-order valence-corrected chi connectivity index (χ0v) is 10.9. The predicted octanol–water partition coefficient (Wildman–Crippen LogP) is 2.11. The van der Waals surface area contributed by atoms with Crippen LogP contribution in [0.5, 0.6) is 0 Å². The summed E-state index contributed by atoms with van der Waals surface area (Å²) >= 11 is 0. The monoisotopic (exact) mass is 246 g/mol. The van der Waals surface area contributed by atoms with Crippen LogP contribution < -0.4 is 0 Å². The largest absolute Gasteiger partial charge is 0.458 e. The third kappa shape index (κ3) is 0.918. The summed E-state index contributed by atoms with van der Waals surface area (Å²) in [4.78, 5) is 24.2. The second-order valence-corrected chi connectivity index (χ2v) is 7.06. The van der Waals surface area contributed by atoms with Gasteiger partial charge in [0, 0.05) is 28.7 Å². The van der Waals surface area contributed by atoms with Crippen LogP contribution in [0.25, 0.3) is 0 Å². The van der Waals surface area contributed by atoms with Gasteiger partial charge in [-0.1, -0.05) is 20.4 Å². The Morgan fingerprint density at radius 3 is 2.78 bits per heavy atom. The van der Waals surface area contributed by atoms with Crippen molar-refractivity contribution in [3.05, 3.63) is 12.2 Å². The molecule has 18 heavy (non-hydrogen) atoms. The maximum absolute atomic E-state index is 12.5. The van der Waals surface area contributed by atoms with E-state index in [-0.39, 0.29) is 40.7 Å². The van der Waals surface area contributed by atoms with E-state index in [2.05, 4.69) is 20.4 Å². The molecule has 3 nitrogen and oxygen atoms in total. The molecular weight excluding hydrogens is 228 g/mol. The van der Waals surface area contributed by atoms with E-state index in [9.17, 15) is 9.59 Å². The van der Waals surface area contributed by atoms with E-state index < -0.39 is 0 Å². The van der Waals surface area contributed by atoms with Gasteiger partial charge >= 0.3 is 5.97 Å². The standard InChI is InChI=1S/C15H18O3/c1-7-8-4-5-14(2)11(10(8)18-13(7)17)15(3)6-9(15)12(14)16/h8-11H,1,4-6H2,2-3H3/t8-,9+,10-,11+,14+,15+/m0/s1. The van der Waals surface area contributed by atoms with Crippen molar-refractivity contribution in [3.63, 3.8) is 0 Å². The van der Waals surface area contributed by atoms with Crippen molar-refractivity contribution < 1.29 is 14.3 Å². The van der Waals surface area contributed by atoms with Gasteiger partial charge in [-0.25, -0.2) is 4.79 Å². The molecule has 3 saturated carbocycles. The van der Waals surface area contributed by atoms with Crippen LogP contribution in [0.1, 0.15) is 33.1 Å². The number of Topliss-reactive ketones (excluding diaryl/α,β-unsaturated/α-hetero) is 1. The smallest absolute Gasteiger partial charge is 0.334 e. The van der Waals surface area contributed by atoms with Crippen molar-refractivity contribution in [1.82, 2.24) is 0 Å². The quantitative estimate of drug-likeness (QED) is 0.485. The third-order valence-corrected chi connectivity index (χ3v) is 6.21. The molecule has 0 spiro atoms. The van der Waals surface area contributed by atoms with Crippen molar-refractivity contribution >= 4 is 11.8 Å². The Labute approximate surface area is 107 Å². The summed E-state index contributed by atoms with van der Waals surface area (Å²) < 4.78 is 5.58. The Hall–Kier alpha value is -1.12. The highest BCUT2D eigenvalue weighted by Crippen LogP contribution is 2.74. The first-order valence-corrected chi connectivity index (χ1v) is 6.84. The summed E-state index contributed by atoms with van der Waals surface area (Å²) in [6.07, 6.45) is 2.65. The first-order valence-electron chi connectivity index (χ1n) is 6.84. The minimum absolute atomic E-state index is 0.0834. The van der Waals surface area contributed by atoms with Crippen LogP contribution in [0.4, 0.5) is 0 Å². The lowest BCUT2D eigenvalue weighted by molar-refractivity contribution is -0.151. The number of esters is 1. The van der Waals surface area contributed by atoms with Crippen LogP contribution in [0.3, 0.4) is 0 Å². The first kappa shape index (κ1) is 10.8. The van der Waals surface area contributed by atoms with E-state index in [0.717, 1.165) is 19.3 Å². The van der Waals surface area contributed by atoms with Gasteiger partial charge < -0.3 is 4.74 Å². The fraction of sp³-hybridized carbons (Fsp3) is 0.733. The van der Waals surface area contributed by atoms with Crippen molar-refractivity contribution in [3.8, 4) is 0 Å². The molecule has 1 saturated heterocycles. The molecule has 4 aliphatic rings. The molecular formula is C15H18O3. The Balaban J connectivity index is 1.81. The van der Waals surface area contributed by atoms with Gasteiger partial charge in [0.1, 0.15) is 11.9 Å². The molecule has 0 aromatic heterocycles. The van der Waals surface area contributed by atoms with Crippen LogP contribution in [-0.4, -0.2) is 17.9 Å². The summed E-state index contributed by atoms with van der Waals surface area (Å²) in [5, 5.41) is 0. The summed E-state index contributed by atoms with van der Waals surface area (Å²) in [6, 6.07) is 0. The molecule has 0 amide bonds. The maximum Gasteiger partial charge on any atom is 0.334 e. The van der Waals surface area contributed by atoms with Gasteiger partial charge in [0.25, 0.3) is 0 Å². The highest BCUT2D eigenvalue weighted by atomic mass is 16.6. The molecule has 4 rings (SSSR count). The average Bonchev–Trinajstić information content (AvgIpc) is 2.86. The normalized spacial score (nSPS) is 56.9. The Bertz CT molecular complexity index is 508. The van der Waals surface area contributed by atoms with E-state index in [1.54, 1.807) is 0 Å². The van der Waals surface area contributed by atoms with Gasteiger partial charge in [-0.15, -0.1) is 0 Å². The molecule has 0 aromatic rings. The molecule has 3 aliphatic carbocycles. The maximum atomic E-state index is 12.5. The number of ether oxygens (including phenoxy) is 1. The number of ketones is 1. The molecule has 6 atom stereocenters. The van der Waals surface area contributed by atoms with E-state index in [0.29, 0.717) is 11.4 Å². The number of rotatable bonds is 0. The van der Waals surface area contributed by atoms with Gasteiger partial charge in [-0.2, -0.15) is 0 Å². The zero-order valence-electron chi connectivity index (χ0n) is 10.9. The summed E-state index contributed by atoms with van der Waals surface area (Å²) in [5.41, 5.74) is 0.450. The van der Waals surface area contributed by atoms with Crippen LogP contribution >= 0.6 is 0 Å². The van der Waals surface area contributed by atoms with Crippen LogP contribution in [0.15, 0.2) is 12.2 Å². The fourth-order valence-electron chi connectivity index (χ4n) is 5.14. The second-order valence-electron chi connectivity index (χ2n) is 7.06. The highest BCUT2D eigenvalue weighted by Gasteiger charge is 2.77. The van der Waals surface area contributed by atoms with E-state index in [4.69, 9.17) is 4.74 Å². The lowest BCUT2D eigenvalue weighted by Gasteiger charge is -2.44. The van der Waals surface area contributed by atoms with Crippen molar-refractivity contribution in [1.29, 1.82) is 0 Å². The molecule has 3 heteroatoms.